The summed E-state index contributed by atoms with van der Waals surface area (Å²) in [4.78, 5) is 0. The number of hydrogen-bond donors (Lipinski definition) is 0. The average molecular weight is 238 g/mol. The lowest BCUT2D eigenvalue weighted by atomic mass is 9.67. The molecule has 0 aliphatic heterocycles. The summed E-state index contributed by atoms with van der Waals surface area (Å²) in [6.07, 6.45) is 8.10. The molecule has 0 bridgehead atoms. The maximum atomic E-state index is 13.4. The minimum absolute atomic E-state index is 0.0988. The summed E-state index contributed by atoms with van der Waals surface area (Å²) in [7, 11) is 0. The Labute approximate surface area is 102 Å². The van der Waals surface area contributed by atoms with Gasteiger partial charge in [-0.05, 0) is 42.4 Å². The molecule has 1 aromatic carbocycles. The monoisotopic (exact) mass is 238 g/mol. The highest BCUT2D eigenvalue weighted by Gasteiger charge is 2.33. The van der Waals surface area contributed by atoms with Gasteiger partial charge in [-0.2, -0.15) is 0 Å². The molecule has 0 spiro atoms. The fraction of sp³-hybridized carbons (Fsp3) is 0.600. The van der Waals surface area contributed by atoms with E-state index < -0.39 is 11.6 Å². The summed E-state index contributed by atoms with van der Waals surface area (Å²) in [5.41, 5.74) is 1.10. The number of halogens is 2. The van der Waals surface area contributed by atoms with Crippen LogP contribution in [0, 0.1) is 11.6 Å². The first kappa shape index (κ1) is 12.5. The molecule has 0 aromatic heterocycles. The van der Waals surface area contributed by atoms with Crippen LogP contribution in [0.25, 0.3) is 0 Å². The van der Waals surface area contributed by atoms with E-state index >= 15 is 0 Å². The van der Waals surface area contributed by atoms with Crippen LogP contribution < -0.4 is 0 Å². The molecule has 17 heavy (non-hydrogen) atoms. The van der Waals surface area contributed by atoms with Crippen molar-refractivity contribution in [1.82, 2.24) is 0 Å². The summed E-state index contributed by atoms with van der Waals surface area (Å²) in [6.45, 7) is 2.16. The molecule has 94 valence electrons. The zero-order chi connectivity index (χ0) is 12.3. The van der Waals surface area contributed by atoms with Crippen LogP contribution in [0.15, 0.2) is 18.2 Å². The Kier molecular flexibility index (Phi) is 3.80. The van der Waals surface area contributed by atoms with Gasteiger partial charge in [0, 0.05) is 0 Å². The van der Waals surface area contributed by atoms with Crippen LogP contribution in [0.5, 0.6) is 0 Å². The highest BCUT2D eigenvalue weighted by atomic mass is 19.2. The molecule has 0 N–H and O–H groups in total. The summed E-state index contributed by atoms with van der Waals surface area (Å²) >= 11 is 0. The fourth-order valence-corrected chi connectivity index (χ4v) is 3.22. The van der Waals surface area contributed by atoms with Crippen LogP contribution in [0.1, 0.15) is 57.4 Å². The van der Waals surface area contributed by atoms with Crippen molar-refractivity contribution in [2.45, 2.75) is 57.3 Å². The van der Waals surface area contributed by atoms with Crippen molar-refractivity contribution in [3.8, 4) is 0 Å². The lowest BCUT2D eigenvalue weighted by Gasteiger charge is -2.38. The van der Waals surface area contributed by atoms with Crippen LogP contribution in [0.3, 0.4) is 0 Å². The molecule has 1 aliphatic rings. The molecule has 2 heteroatoms. The Hall–Kier alpha value is -0.920. The van der Waals surface area contributed by atoms with Crippen molar-refractivity contribution in [2.24, 2.45) is 0 Å². The van der Waals surface area contributed by atoms with Gasteiger partial charge in [-0.15, -0.1) is 0 Å². The van der Waals surface area contributed by atoms with Crippen molar-refractivity contribution in [1.29, 1.82) is 0 Å². The van der Waals surface area contributed by atoms with E-state index in [2.05, 4.69) is 6.92 Å². The standard InChI is InChI=1S/C15H20F2/c1-2-8-15(9-4-3-5-10-15)12-6-7-13(16)14(17)11-12/h6-7,11H,2-5,8-10H2,1H3. The van der Waals surface area contributed by atoms with E-state index in [1.807, 2.05) is 0 Å². The molecule has 0 amide bonds. The van der Waals surface area contributed by atoms with E-state index in [-0.39, 0.29) is 5.41 Å². The molecule has 1 aliphatic carbocycles. The van der Waals surface area contributed by atoms with Gasteiger partial charge < -0.3 is 0 Å². The molecule has 0 radical (unpaired) electrons. The molecular weight excluding hydrogens is 218 g/mol. The lowest BCUT2D eigenvalue weighted by molar-refractivity contribution is 0.270. The van der Waals surface area contributed by atoms with E-state index in [0.717, 1.165) is 31.2 Å². The van der Waals surface area contributed by atoms with Crippen molar-refractivity contribution < 1.29 is 8.78 Å². The van der Waals surface area contributed by atoms with Gasteiger partial charge in [0.15, 0.2) is 11.6 Å². The molecule has 1 saturated carbocycles. The zero-order valence-corrected chi connectivity index (χ0v) is 10.4. The van der Waals surface area contributed by atoms with Gasteiger partial charge in [0.05, 0.1) is 0 Å². The van der Waals surface area contributed by atoms with Crippen LogP contribution in [-0.2, 0) is 5.41 Å². The van der Waals surface area contributed by atoms with Gasteiger partial charge in [0.1, 0.15) is 0 Å². The molecule has 2 rings (SSSR count). The minimum Gasteiger partial charge on any atom is -0.204 e. The van der Waals surface area contributed by atoms with Crippen LogP contribution >= 0.6 is 0 Å². The first-order valence-corrected chi connectivity index (χ1v) is 6.63. The third kappa shape index (κ3) is 2.51. The second-order valence-corrected chi connectivity index (χ2v) is 5.22. The minimum atomic E-state index is -0.740. The second kappa shape index (κ2) is 5.16. The van der Waals surface area contributed by atoms with Gasteiger partial charge in [-0.3, -0.25) is 0 Å². The van der Waals surface area contributed by atoms with Crippen molar-refractivity contribution in [3.63, 3.8) is 0 Å². The van der Waals surface area contributed by atoms with E-state index in [4.69, 9.17) is 0 Å². The third-order valence-electron chi connectivity index (χ3n) is 4.07. The second-order valence-electron chi connectivity index (χ2n) is 5.22. The quantitative estimate of drug-likeness (QED) is 0.697. The van der Waals surface area contributed by atoms with Crippen LogP contribution in [0.4, 0.5) is 8.78 Å². The summed E-state index contributed by atoms with van der Waals surface area (Å²) in [5.74, 6) is -1.44. The van der Waals surface area contributed by atoms with Gasteiger partial charge in [-0.25, -0.2) is 8.78 Å². The molecule has 0 heterocycles. The largest absolute Gasteiger partial charge is 0.204 e. The van der Waals surface area contributed by atoms with E-state index in [9.17, 15) is 8.78 Å². The maximum Gasteiger partial charge on any atom is 0.159 e. The van der Waals surface area contributed by atoms with Gasteiger partial charge >= 0.3 is 0 Å². The smallest absolute Gasteiger partial charge is 0.159 e. The van der Waals surface area contributed by atoms with Crippen molar-refractivity contribution >= 4 is 0 Å². The molecule has 0 atom stereocenters. The van der Waals surface area contributed by atoms with Crippen LogP contribution in [-0.4, -0.2) is 0 Å². The third-order valence-corrected chi connectivity index (χ3v) is 4.07. The van der Waals surface area contributed by atoms with Crippen molar-refractivity contribution in [2.75, 3.05) is 0 Å². The Balaban J connectivity index is 2.34. The lowest BCUT2D eigenvalue weighted by Crippen LogP contribution is -2.29. The molecular formula is C15H20F2. The highest BCUT2D eigenvalue weighted by molar-refractivity contribution is 5.27. The number of benzene rings is 1. The number of rotatable bonds is 3. The predicted octanol–water partition coefficient (Wildman–Crippen LogP) is 4.97. The Bertz CT molecular complexity index is 373. The highest BCUT2D eigenvalue weighted by Crippen LogP contribution is 2.43. The van der Waals surface area contributed by atoms with Gasteiger partial charge in [0.2, 0.25) is 0 Å². The number of hydrogen-bond acceptors (Lipinski definition) is 0. The summed E-state index contributed by atoms with van der Waals surface area (Å²) in [6, 6.07) is 4.46. The normalized spacial score (nSPS) is 19.2. The molecule has 0 unspecified atom stereocenters. The van der Waals surface area contributed by atoms with Gasteiger partial charge in [-0.1, -0.05) is 38.7 Å². The fourth-order valence-electron chi connectivity index (χ4n) is 3.22. The first-order valence-electron chi connectivity index (χ1n) is 6.63. The zero-order valence-electron chi connectivity index (χ0n) is 10.4. The molecule has 0 saturated heterocycles. The van der Waals surface area contributed by atoms with E-state index in [1.54, 1.807) is 6.07 Å². The van der Waals surface area contributed by atoms with Gasteiger partial charge in [0.25, 0.3) is 0 Å². The Morgan fingerprint density at radius 3 is 2.35 bits per heavy atom. The van der Waals surface area contributed by atoms with E-state index in [0.29, 0.717) is 0 Å². The van der Waals surface area contributed by atoms with Crippen LogP contribution in [0.2, 0.25) is 0 Å². The summed E-state index contributed by atoms with van der Waals surface area (Å²) < 4.78 is 26.4. The Morgan fingerprint density at radius 2 is 1.76 bits per heavy atom. The van der Waals surface area contributed by atoms with E-state index in [1.165, 1.54) is 31.4 Å². The summed E-state index contributed by atoms with van der Waals surface area (Å²) in [5, 5.41) is 0. The van der Waals surface area contributed by atoms with Crippen molar-refractivity contribution in [3.05, 3.63) is 35.4 Å². The average Bonchev–Trinajstić information content (AvgIpc) is 2.34. The maximum absolute atomic E-state index is 13.4. The molecule has 1 fully saturated rings. The topological polar surface area (TPSA) is 0 Å². The Morgan fingerprint density at radius 1 is 1.06 bits per heavy atom. The predicted molar refractivity (Wildman–Crippen MR) is 66.0 cm³/mol. The molecule has 0 nitrogen and oxygen atoms in total. The SMILES string of the molecule is CCCC1(c2ccc(F)c(F)c2)CCCCC1. The molecule has 1 aromatic rings. The first-order chi connectivity index (χ1) is 8.18.